The first kappa shape index (κ1) is 20.2. The van der Waals surface area contributed by atoms with Crippen LogP contribution in [0.25, 0.3) is 0 Å². The minimum atomic E-state index is -0.537. The van der Waals surface area contributed by atoms with Crippen LogP contribution in [0.5, 0.6) is 0 Å². The molecular formula is C20H29NO5. The van der Waals surface area contributed by atoms with Crippen molar-refractivity contribution in [3.63, 3.8) is 0 Å². The van der Waals surface area contributed by atoms with Gasteiger partial charge in [0, 0.05) is 19.6 Å². The highest BCUT2D eigenvalue weighted by Crippen LogP contribution is 2.31. The SMILES string of the molecule is COC(=O)c1ccc(C2CC(OC)CN(C(=O)OC(C)(C)C)C2)c(C)c1. The maximum absolute atomic E-state index is 12.5. The zero-order valence-corrected chi connectivity index (χ0v) is 16.5. The molecule has 0 bridgehead atoms. The molecule has 0 saturated carbocycles. The lowest BCUT2D eigenvalue weighted by molar-refractivity contribution is -0.0110. The standard InChI is InChI=1S/C20H29NO5/c1-13-9-14(18(22)25-6)7-8-17(13)15-10-16(24-5)12-21(11-15)19(23)26-20(2,3)4/h7-9,15-16H,10-12H2,1-6H3. The molecular weight excluding hydrogens is 334 g/mol. The number of methoxy groups -OCH3 is 2. The van der Waals surface area contributed by atoms with E-state index in [1.165, 1.54) is 7.11 Å². The van der Waals surface area contributed by atoms with Crippen molar-refractivity contribution in [1.82, 2.24) is 4.90 Å². The molecule has 1 amide bonds. The fourth-order valence-corrected chi connectivity index (χ4v) is 3.30. The molecule has 26 heavy (non-hydrogen) atoms. The van der Waals surface area contributed by atoms with E-state index >= 15 is 0 Å². The lowest BCUT2D eigenvalue weighted by atomic mass is 9.86. The molecule has 1 aliphatic heterocycles. The predicted octanol–water partition coefficient (Wildman–Crippen LogP) is 3.52. The van der Waals surface area contributed by atoms with Gasteiger partial charge in [-0.15, -0.1) is 0 Å². The van der Waals surface area contributed by atoms with E-state index in [9.17, 15) is 9.59 Å². The van der Waals surface area contributed by atoms with Gasteiger partial charge >= 0.3 is 12.1 Å². The van der Waals surface area contributed by atoms with E-state index in [4.69, 9.17) is 14.2 Å². The molecule has 1 saturated heterocycles. The molecule has 0 spiro atoms. The van der Waals surface area contributed by atoms with E-state index in [0.717, 1.165) is 17.5 Å². The number of carbonyl (C=O) groups is 2. The largest absolute Gasteiger partial charge is 0.465 e. The number of benzene rings is 1. The Hall–Kier alpha value is -2.08. The fourth-order valence-electron chi connectivity index (χ4n) is 3.30. The van der Waals surface area contributed by atoms with Crippen molar-refractivity contribution < 1.29 is 23.8 Å². The van der Waals surface area contributed by atoms with E-state index in [1.807, 2.05) is 39.8 Å². The van der Waals surface area contributed by atoms with Gasteiger partial charge < -0.3 is 19.1 Å². The Kier molecular flexibility index (Phi) is 6.29. The minimum absolute atomic E-state index is 0.0547. The number of piperidine rings is 1. The van der Waals surface area contributed by atoms with Gasteiger partial charge in [-0.05, 0) is 57.4 Å². The smallest absolute Gasteiger partial charge is 0.410 e. The van der Waals surface area contributed by atoms with E-state index in [-0.39, 0.29) is 24.1 Å². The van der Waals surface area contributed by atoms with Crippen molar-refractivity contribution in [1.29, 1.82) is 0 Å². The average Bonchev–Trinajstić information content (AvgIpc) is 2.58. The predicted molar refractivity (Wildman–Crippen MR) is 98.5 cm³/mol. The van der Waals surface area contributed by atoms with Crippen LogP contribution in [0.15, 0.2) is 18.2 Å². The molecule has 1 aromatic rings. The summed E-state index contributed by atoms with van der Waals surface area (Å²) in [5.41, 5.74) is 2.09. The Morgan fingerprint density at radius 2 is 1.85 bits per heavy atom. The Balaban J connectivity index is 2.22. The third kappa shape index (κ3) is 4.97. The van der Waals surface area contributed by atoms with E-state index < -0.39 is 5.60 Å². The van der Waals surface area contributed by atoms with Gasteiger partial charge in [0.25, 0.3) is 0 Å². The van der Waals surface area contributed by atoms with Gasteiger partial charge in [-0.25, -0.2) is 9.59 Å². The number of hydrogen-bond acceptors (Lipinski definition) is 5. The summed E-state index contributed by atoms with van der Waals surface area (Å²) in [5, 5.41) is 0. The number of aryl methyl sites for hydroxylation is 1. The zero-order valence-electron chi connectivity index (χ0n) is 16.5. The minimum Gasteiger partial charge on any atom is -0.465 e. The number of carbonyl (C=O) groups excluding carboxylic acids is 2. The van der Waals surface area contributed by atoms with Crippen LogP contribution in [-0.2, 0) is 14.2 Å². The second-order valence-electron chi connectivity index (χ2n) is 7.74. The van der Waals surface area contributed by atoms with Crippen LogP contribution in [0.2, 0.25) is 0 Å². The highest BCUT2D eigenvalue weighted by atomic mass is 16.6. The molecule has 6 heteroatoms. The van der Waals surface area contributed by atoms with Gasteiger partial charge in [0.05, 0.1) is 25.3 Å². The number of hydrogen-bond donors (Lipinski definition) is 0. The summed E-state index contributed by atoms with van der Waals surface area (Å²) in [6.45, 7) is 8.62. The third-order valence-corrected chi connectivity index (χ3v) is 4.53. The molecule has 6 nitrogen and oxygen atoms in total. The van der Waals surface area contributed by atoms with Crippen LogP contribution in [0.4, 0.5) is 4.79 Å². The maximum atomic E-state index is 12.5. The van der Waals surface area contributed by atoms with Gasteiger partial charge in [-0.1, -0.05) is 6.07 Å². The molecule has 0 N–H and O–H groups in total. The van der Waals surface area contributed by atoms with E-state index in [0.29, 0.717) is 18.7 Å². The zero-order chi connectivity index (χ0) is 19.5. The number of esters is 1. The van der Waals surface area contributed by atoms with Crippen LogP contribution in [-0.4, -0.2) is 56.0 Å². The van der Waals surface area contributed by atoms with Crippen molar-refractivity contribution >= 4 is 12.1 Å². The molecule has 2 atom stereocenters. The summed E-state index contributed by atoms with van der Waals surface area (Å²) in [4.78, 5) is 25.9. The van der Waals surface area contributed by atoms with Gasteiger partial charge in [-0.3, -0.25) is 0 Å². The van der Waals surface area contributed by atoms with Crippen molar-refractivity contribution in [3.05, 3.63) is 34.9 Å². The lowest BCUT2D eigenvalue weighted by Gasteiger charge is -2.38. The lowest BCUT2D eigenvalue weighted by Crippen LogP contribution is -2.48. The maximum Gasteiger partial charge on any atom is 0.410 e. The molecule has 2 unspecified atom stereocenters. The number of likely N-dealkylation sites (tertiary alicyclic amines) is 1. The van der Waals surface area contributed by atoms with Crippen LogP contribution in [0.1, 0.15) is 54.6 Å². The molecule has 144 valence electrons. The van der Waals surface area contributed by atoms with Crippen LogP contribution in [0, 0.1) is 6.92 Å². The van der Waals surface area contributed by atoms with Crippen molar-refractivity contribution in [2.24, 2.45) is 0 Å². The molecule has 1 fully saturated rings. The second kappa shape index (κ2) is 8.08. The topological polar surface area (TPSA) is 65.1 Å². The molecule has 1 heterocycles. The van der Waals surface area contributed by atoms with Gasteiger partial charge in [0.15, 0.2) is 0 Å². The van der Waals surface area contributed by atoms with Crippen molar-refractivity contribution in [2.45, 2.75) is 51.7 Å². The van der Waals surface area contributed by atoms with Crippen LogP contribution in [0.3, 0.4) is 0 Å². The first-order valence-electron chi connectivity index (χ1n) is 8.84. The van der Waals surface area contributed by atoms with Crippen LogP contribution >= 0.6 is 0 Å². The Morgan fingerprint density at radius 1 is 1.15 bits per heavy atom. The summed E-state index contributed by atoms with van der Waals surface area (Å²) in [6, 6.07) is 5.54. The molecule has 2 rings (SSSR count). The summed E-state index contributed by atoms with van der Waals surface area (Å²) in [7, 11) is 3.03. The Morgan fingerprint density at radius 3 is 2.38 bits per heavy atom. The monoisotopic (exact) mass is 363 g/mol. The third-order valence-electron chi connectivity index (χ3n) is 4.53. The van der Waals surface area contributed by atoms with Crippen LogP contribution < -0.4 is 0 Å². The number of nitrogens with zero attached hydrogens (tertiary/aromatic N) is 1. The fraction of sp³-hybridized carbons (Fsp3) is 0.600. The highest BCUT2D eigenvalue weighted by molar-refractivity contribution is 5.89. The number of amides is 1. The summed E-state index contributed by atoms with van der Waals surface area (Å²) >= 11 is 0. The van der Waals surface area contributed by atoms with Gasteiger partial charge in [0.2, 0.25) is 0 Å². The molecule has 1 aromatic carbocycles. The summed E-state index contributed by atoms with van der Waals surface area (Å²) < 4.78 is 15.8. The quantitative estimate of drug-likeness (QED) is 0.769. The summed E-state index contributed by atoms with van der Waals surface area (Å²) in [5.74, 6) is -0.235. The normalized spacial score (nSPS) is 20.6. The molecule has 0 aliphatic carbocycles. The molecule has 0 aromatic heterocycles. The first-order valence-corrected chi connectivity index (χ1v) is 8.84. The number of rotatable bonds is 3. The first-order chi connectivity index (χ1) is 12.1. The molecule has 0 radical (unpaired) electrons. The Labute approximate surface area is 155 Å². The molecule has 1 aliphatic rings. The van der Waals surface area contributed by atoms with E-state index in [2.05, 4.69) is 0 Å². The average molecular weight is 363 g/mol. The second-order valence-corrected chi connectivity index (χ2v) is 7.74. The number of ether oxygens (including phenoxy) is 3. The highest BCUT2D eigenvalue weighted by Gasteiger charge is 2.33. The van der Waals surface area contributed by atoms with Gasteiger partial charge in [0.1, 0.15) is 5.60 Å². The van der Waals surface area contributed by atoms with Crippen molar-refractivity contribution in [2.75, 3.05) is 27.3 Å². The van der Waals surface area contributed by atoms with Gasteiger partial charge in [-0.2, -0.15) is 0 Å². The Bertz CT molecular complexity index is 665. The summed E-state index contributed by atoms with van der Waals surface area (Å²) in [6.07, 6.45) is 0.433. The van der Waals surface area contributed by atoms with Crippen molar-refractivity contribution in [3.8, 4) is 0 Å². The van der Waals surface area contributed by atoms with E-state index in [1.54, 1.807) is 18.1 Å².